The summed E-state index contributed by atoms with van der Waals surface area (Å²) in [4.78, 5) is 20.1. The highest BCUT2D eigenvalue weighted by Gasteiger charge is 2.36. The molecule has 1 N–H and O–H groups in total. The molecule has 0 aliphatic heterocycles. The zero-order valence-electron chi connectivity index (χ0n) is 10.7. The van der Waals surface area contributed by atoms with Gasteiger partial charge >= 0.3 is 0 Å². The number of H-pyrrole nitrogens is 1. The smallest absolute Gasteiger partial charge is 0.170 e. The Bertz CT molecular complexity index is 579. The van der Waals surface area contributed by atoms with Crippen LogP contribution in [0.1, 0.15) is 49.4 Å². The SMILES string of the molecule is CC1(C(=O)c2c[nH]c3ncccc23)CCCCC1. The Morgan fingerprint density at radius 1 is 1.33 bits per heavy atom. The molecule has 0 saturated heterocycles. The molecule has 0 radical (unpaired) electrons. The van der Waals surface area contributed by atoms with E-state index in [1.807, 2.05) is 18.3 Å². The summed E-state index contributed by atoms with van der Waals surface area (Å²) in [6.45, 7) is 2.11. The van der Waals surface area contributed by atoms with Crippen LogP contribution in [0.5, 0.6) is 0 Å². The van der Waals surface area contributed by atoms with Gasteiger partial charge in [0.05, 0.1) is 0 Å². The summed E-state index contributed by atoms with van der Waals surface area (Å²) in [5, 5.41) is 0.953. The molecule has 3 heteroatoms. The standard InChI is InChI=1S/C15H18N2O/c1-15(7-3-2-4-8-15)13(18)12-10-17-14-11(12)6-5-9-16-14/h5-6,9-10H,2-4,7-8H2,1H3,(H,16,17). The minimum Gasteiger partial charge on any atom is -0.345 e. The molecule has 1 aliphatic carbocycles. The third-order valence-electron chi connectivity index (χ3n) is 4.20. The summed E-state index contributed by atoms with van der Waals surface area (Å²) in [6, 6.07) is 3.86. The van der Waals surface area contributed by atoms with Crippen LogP contribution in [-0.2, 0) is 0 Å². The zero-order valence-corrected chi connectivity index (χ0v) is 10.7. The first-order chi connectivity index (χ1) is 8.71. The van der Waals surface area contributed by atoms with Crippen molar-refractivity contribution >= 4 is 16.8 Å². The third-order valence-corrected chi connectivity index (χ3v) is 4.20. The monoisotopic (exact) mass is 242 g/mol. The Morgan fingerprint density at radius 3 is 2.89 bits per heavy atom. The van der Waals surface area contributed by atoms with Crippen molar-refractivity contribution in [2.45, 2.75) is 39.0 Å². The Balaban J connectivity index is 2.01. The number of pyridine rings is 1. The minimum absolute atomic E-state index is 0.177. The third kappa shape index (κ3) is 1.74. The van der Waals surface area contributed by atoms with Gasteiger partial charge in [-0.3, -0.25) is 4.79 Å². The molecule has 3 rings (SSSR count). The molecule has 0 atom stereocenters. The largest absolute Gasteiger partial charge is 0.345 e. The van der Waals surface area contributed by atoms with Crippen molar-refractivity contribution in [3.05, 3.63) is 30.1 Å². The second-order valence-electron chi connectivity index (χ2n) is 5.55. The number of rotatable bonds is 2. The first-order valence-corrected chi connectivity index (χ1v) is 6.68. The minimum atomic E-state index is -0.177. The highest BCUT2D eigenvalue weighted by Crippen LogP contribution is 2.39. The van der Waals surface area contributed by atoms with Crippen LogP contribution in [0.4, 0.5) is 0 Å². The van der Waals surface area contributed by atoms with Gasteiger partial charge in [0.1, 0.15) is 5.65 Å². The van der Waals surface area contributed by atoms with Gasteiger partial charge in [0, 0.05) is 28.8 Å². The molecule has 0 aromatic carbocycles. The molecule has 0 spiro atoms. The first kappa shape index (κ1) is 11.5. The molecule has 0 bridgehead atoms. The van der Waals surface area contributed by atoms with Crippen LogP contribution in [0.25, 0.3) is 11.0 Å². The number of nitrogens with one attached hydrogen (secondary N) is 1. The molecule has 1 aliphatic rings. The van der Waals surface area contributed by atoms with E-state index in [9.17, 15) is 4.79 Å². The van der Waals surface area contributed by atoms with Crippen LogP contribution in [0.15, 0.2) is 24.5 Å². The normalized spacial score (nSPS) is 18.9. The second-order valence-corrected chi connectivity index (χ2v) is 5.55. The van der Waals surface area contributed by atoms with Crippen molar-refractivity contribution in [1.29, 1.82) is 0 Å². The van der Waals surface area contributed by atoms with Gasteiger partial charge in [-0.15, -0.1) is 0 Å². The lowest BCUT2D eigenvalue weighted by molar-refractivity contribution is 0.0751. The highest BCUT2D eigenvalue weighted by atomic mass is 16.1. The summed E-state index contributed by atoms with van der Waals surface area (Å²) >= 11 is 0. The quantitative estimate of drug-likeness (QED) is 0.816. The lowest BCUT2D eigenvalue weighted by atomic mass is 9.71. The van der Waals surface area contributed by atoms with E-state index in [4.69, 9.17) is 0 Å². The lowest BCUT2D eigenvalue weighted by Crippen LogP contribution is -2.30. The molecule has 2 aromatic rings. The van der Waals surface area contributed by atoms with Gasteiger partial charge in [0.25, 0.3) is 0 Å². The summed E-state index contributed by atoms with van der Waals surface area (Å²) in [5.74, 6) is 0.279. The Labute approximate surface area is 107 Å². The number of hydrogen-bond donors (Lipinski definition) is 1. The number of fused-ring (bicyclic) bond motifs is 1. The molecule has 2 heterocycles. The predicted octanol–water partition coefficient (Wildman–Crippen LogP) is 3.72. The molecule has 94 valence electrons. The van der Waals surface area contributed by atoms with E-state index in [0.717, 1.165) is 29.4 Å². The van der Waals surface area contributed by atoms with Crippen molar-refractivity contribution in [3.8, 4) is 0 Å². The van der Waals surface area contributed by atoms with Crippen LogP contribution in [0.2, 0.25) is 0 Å². The van der Waals surface area contributed by atoms with Crippen LogP contribution in [0.3, 0.4) is 0 Å². The number of ketones is 1. The fourth-order valence-corrected chi connectivity index (χ4v) is 3.03. The van der Waals surface area contributed by atoms with E-state index in [1.165, 1.54) is 19.3 Å². The van der Waals surface area contributed by atoms with Gasteiger partial charge in [0.2, 0.25) is 0 Å². The molecular weight excluding hydrogens is 224 g/mol. The maximum absolute atomic E-state index is 12.7. The molecule has 2 aromatic heterocycles. The topological polar surface area (TPSA) is 45.8 Å². The number of nitrogens with zero attached hydrogens (tertiary/aromatic N) is 1. The Kier molecular flexibility index (Phi) is 2.69. The predicted molar refractivity (Wildman–Crippen MR) is 71.6 cm³/mol. The number of aromatic amines is 1. The Hall–Kier alpha value is -1.64. The maximum Gasteiger partial charge on any atom is 0.170 e. The number of carbonyl (C=O) groups is 1. The van der Waals surface area contributed by atoms with E-state index in [0.29, 0.717) is 0 Å². The molecule has 0 unspecified atom stereocenters. The summed E-state index contributed by atoms with van der Waals surface area (Å²) in [6.07, 6.45) is 9.19. The Morgan fingerprint density at radius 2 is 2.11 bits per heavy atom. The first-order valence-electron chi connectivity index (χ1n) is 6.68. The van der Waals surface area contributed by atoms with Gasteiger partial charge in [-0.1, -0.05) is 26.2 Å². The van der Waals surface area contributed by atoms with Crippen molar-refractivity contribution in [2.24, 2.45) is 5.41 Å². The van der Waals surface area contributed by atoms with Crippen LogP contribution >= 0.6 is 0 Å². The number of aromatic nitrogens is 2. The summed E-state index contributed by atoms with van der Waals surface area (Å²) in [7, 11) is 0. The lowest BCUT2D eigenvalue weighted by Gasteiger charge is -2.31. The van der Waals surface area contributed by atoms with Crippen molar-refractivity contribution in [2.75, 3.05) is 0 Å². The van der Waals surface area contributed by atoms with Crippen LogP contribution in [-0.4, -0.2) is 15.8 Å². The van der Waals surface area contributed by atoms with Crippen molar-refractivity contribution in [1.82, 2.24) is 9.97 Å². The van der Waals surface area contributed by atoms with Gasteiger partial charge in [-0.2, -0.15) is 0 Å². The number of Topliss-reactive ketones (excluding diaryl/α,β-unsaturated/α-hetero) is 1. The fourth-order valence-electron chi connectivity index (χ4n) is 3.03. The van der Waals surface area contributed by atoms with E-state index in [-0.39, 0.29) is 11.2 Å². The molecular formula is C15H18N2O. The van der Waals surface area contributed by atoms with Gasteiger partial charge < -0.3 is 4.98 Å². The number of hydrogen-bond acceptors (Lipinski definition) is 2. The van der Waals surface area contributed by atoms with Gasteiger partial charge in [-0.25, -0.2) is 4.98 Å². The van der Waals surface area contributed by atoms with Gasteiger partial charge in [-0.05, 0) is 25.0 Å². The molecule has 18 heavy (non-hydrogen) atoms. The van der Waals surface area contributed by atoms with Crippen LogP contribution < -0.4 is 0 Å². The van der Waals surface area contributed by atoms with E-state index >= 15 is 0 Å². The average Bonchev–Trinajstić information content (AvgIpc) is 2.82. The van der Waals surface area contributed by atoms with Crippen molar-refractivity contribution < 1.29 is 4.79 Å². The molecule has 3 nitrogen and oxygen atoms in total. The molecule has 1 fully saturated rings. The molecule has 1 saturated carbocycles. The summed E-state index contributed by atoms with van der Waals surface area (Å²) in [5.41, 5.74) is 1.44. The van der Waals surface area contributed by atoms with E-state index in [2.05, 4.69) is 16.9 Å². The maximum atomic E-state index is 12.7. The summed E-state index contributed by atoms with van der Waals surface area (Å²) < 4.78 is 0. The number of carbonyl (C=O) groups excluding carboxylic acids is 1. The van der Waals surface area contributed by atoms with Crippen LogP contribution in [0, 0.1) is 5.41 Å². The molecule has 0 amide bonds. The van der Waals surface area contributed by atoms with E-state index < -0.39 is 0 Å². The fraction of sp³-hybridized carbons (Fsp3) is 0.467. The second kappa shape index (κ2) is 4.23. The highest BCUT2D eigenvalue weighted by molar-refractivity contribution is 6.09. The van der Waals surface area contributed by atoms with Crippen molar-refractivity contribution in [3.63, 3.8) is 0 Å². The zero-order chi connectivity index (χ0) is 12.6. The van der Waals surface area contributed by atoms with E-state index in [1.54, 1.807) is 6.20 Å². The average molecular weight is 242 g/mol. The van der Waals surface area contributed by atoms with Gasteiger partial charge in [0.15, 0.2) is 5.78 Å².